The lowest BCUT2D eigenvalue weighted by molar-refractivity contribution is 0.458. The number of nitrogens with zero attached hydrogens (tertiary/aromatic N) is 2. The van der Waals surface area contributed by atoms with Gasteiger partial charge in [0.25, 0.3) is 0 Å². The molecule has 0 aliphatic carbocycles. The zero-order valence-electron chi connectivity index (χ0n) is 9.93. The van der Waals surface area contributed by atoms with Gasteiger partial charge in [-0.1, -0.05) is 25.0 Å². The molecular formula is C11H16N4OS. The molecule has 0 bridgehead atoms. The number of aromatic nitrogens is 2. The van der Waals surface area contributed by atoms with Crippen molar-refractivity contribution in [3.05, 3.63) is 28.3 Å². The second kappa shape index (κ2) is 5.79. The van der Waals surface area contributed by atoms with Gasteiger partial charge in [0.1, 0.15) is 0 Å². The number of hydrogen-bond acceptors (Lipinski definition) is 6. The molecule has 0 aliphatic rings. The van der Waals surface area contributed by atoms with Crippen LogP contribution in [-0.4, -0.2) is 16.2 Å². The van der Waals surface area contributed by atoms with E-state index in [2.05, 4.69) is 40.7 Å². The van der Waals surface area contributed by atoms with E-state index in [1.807, 2.05) is 11.4 Å². The van der Waals surface area contributed by atoms with E-state index in [0.29, 0.717) is 24.5 Å². The number of anilines is 1. The molecule has 2 rings (SSSR count). The van der Waals surface area contributed by atoms with Crippen LogP contribution in [0.15, 0.2) is 21.9 Å². The van der Waals surface area contributed by atoms with E-state index in [4.69, 9.17) is 4.42 Å². The van der Waals surface area contributed by atoms with Crippen molar-refractivity contribution in [1.29, 1.82) is 0 Å². The Labute approximate surface area is 104 Å². The van der Waals surface area contributed by atoms with Crippen LogP contribution < -0.4 is 10.6 Å². The molecule has 17 heavy (non-hydrogen) atoms. The Bertz CT molecular complexity index is 438. The van der Waals surface area contributed by atoms with Gasteiger partial charge in [-0.05, 0) is 11.4 Å². The first kappa shape index (κ1) is 12.1. The standard InChI is InChI=1S/C11H16N4OS/c1-8(2)12-7-10-14-15-11(16-10)13-6-9-4-3-5-17-9/h3-5,8,12H,6-7H2,1-2H3,(H,13,15). The molecule has 0 atom stereocenters. The quantitative estimate of drug-likeness (QED) is 0.825. The highest BCUT2D eigenvalue weighted by Crippen LogP contribution is 2.12. The highest BCUT2D eigenvalue weighted by molar-refractivity contribution is 7.09. The molecule has 0 aromatic carbocycles. The maximum atomic E-state index is 5.44. The van der Waals surface area contributed by atoms with Gasteiger partial charge >= 0.3 is 6.01 Å². The minimum Gasteiger partial charge on any atom is -0.407 e. The summed E-state index contributed by atoms with van der Waals surface area (Å²) in [6.45, 7) is 5.47. The first-order valence-corrected chi connectivity index (χ1v) is 6.44. The van der Waals surface area contributed by atoms with Crippen LogP contribution in [0.4, 0.5) is 6.01 Å². The average molecular weight is 252 g/mol. The summed E-state index contributed by atoms with van der Waals surface area (Å²) in [6.07, 6.45) is 0. The normalized spacial score (nSPS) is 11.0. The number of rotatable bonds is 6. The third kappa shape index (κ3) is 3.83. The monoisotopic (exact) mass is 252 g/mol. The van der Waals surface area contributed by atoms with E-state index in [1.165, 1.54) is 4.88 Å². The van der Waals surface area contributed by atoms with Crippen molar-refractivity contribution in [3.8, 4) is 0 Å². The Balaban J connectivity index is 1.81. The average Bonchev–Trinajstić information content (AvgIpc) is 2.95. The fourth-order valence-corrected chi connectivity index (χ4v) is 1.91. The highest BCUT2D eigenvalue weighted by Gasteiger charge is 2.05. The Morgan fingerprint density at radius 1 is 1.35 bits per heavy atom. The van der Waals surface area contributed by atoms with E-state index in [0.717, 1.165) is 6.54 Å². The second-order valence-corrected chi connectivity index (χ2v) is 5.00. The summed E-state index contributed by atoms with van der Waals surface area (Å²) in [5, 5.41) is 16.2. The third-order valence-corrected chi connectivity index (χ3v) is 3.00. The predicted octanol–water partition coefficient (Wildman–Crippen LogP) is 2.24. The lowest BCUT2D eigenvalue weighted by atomic mass is 10.4. The molecule has 0 spiro atoms. The van der Waals surface area contributed by atoms with Crippen molar-refractivity contribution in [1.82, 2.24) is 15.5 Å². The molecule has 2 aromatic heterocycles. The molecule has 2 N–H and O–H groups in total. The van der Waals surface area contributed by atoms with Crippen LogP contribution in [0.2, 0.25) is 0 Å². The largest absolute Gasteiger partial charge is 0.407 e. The van der Waals surface area contributed by atoms with Crippen LogP contribution in [0.1, 0.15) is 24.6 Å². The van der Waals surface area contributed by atoms with E-state index >= 15 is 0 Å². The molecule has 0 amide bonds. The Hall–Kier alpha value is -1.40. The fraction of sp³-hybridized carbons (Fsp3) is 0.455. The number of thiophene rings is 1. The number of hydrogen-bond donors (Lipinski definition) is 2. The Kier molecular flexibility index (Phi) is 4.11. The van der Waals surface area contributed by atoms with Crippen LogP contribution in [0.5, 0.6) is 0 Å². The molecule has 0 aliphatic heterocycles. The zero-order chi connectivity index (χ0) is 12.1. The fourth-order valence-electron chi connectivity index (χ4n) is 1.26. The van der Waals surface area contributed by atoms with Crippen LogP contribution in [-0.2, 0) is 13.1 Å². The first-order valence-electron chi connectivity index (χ1n) is 5.56. The van der Waals surface area contributed by atoms with Gasteiger partial charge in [0, 0.05) is 10.9 Å². The van der Waals surface area contributed by atoms with Gasteiger partial charge in [-0.3, -0.25) is 0 Å². The van der Waals surface area contributed by atoms with E-state index in [1.54, 1.807) is 11.3 Å². The Morgan fingerprint density at radius 3 is 2.94 bits per heavy atom. The van der Waals surface area contributed by atoms with E-state index < -0.39 is 0 Å². The van der Waals surface area contributed by atoms with Crippen molar-refractivity contribution in [2.45, 2.75) is 33.0 Å². The molecule has 0 fully saturated rings. The maximum absolute atomic E-state index is 5.44. The van der Waals surface area contributed by atoms with E-state index in [-0.39, 0.29) is 0 Å². The molecular weight excluding hydrogens is 236 g/mol. The van der Waals surface area contributed by atoms with Crippen molar-refractivity contribution >= 4 is 17.4 Å². The minimum absolute atomic E-state index is 0.407. The summed E-state index contributed by atoms with van der Waals surface area (Å²) < 4.78 is 5.44. The van der Waals surface area contributed by atoms with Gasteiger partial charge in [-0.25, -0.2) is 0 Å². The minimum atomic E-state index is 0.407. The molecule has 0 saturated carbocycles. The summed E-state index contributed by atoms with van der Waals surface area (Å²) in [4.78, 5) is 1.24. The highest BCUT2D eigenvalue weighted by atomic mass is 32.1. The van der Waals surface area contributed by atoms with Crippen LogP contribution in [0, 0.1) is 0 Å². The van der Waals surface area contributed by atoms with Crippen molar-refractivity contribution < 1.29 is 4.42 Å². The summed E-state index contributed by atoms with van der Waals surface area (Å²) >= 11 is 1.70. The van der Waals surface area contributed by atoms with E-state index in [9.17, 15) is 0 Å². The SMILES string of the molecule is CC(C)NCc1nnc(NCc2cccs2)o1. The number of nitrogens with one attached hydrogen (secondary N) is 2. The van der Waals surface area contributed by atoms with Gasteiger partial charge in [0.15, 0.2) is 0 Å². The topological polar surface area (TPSA) is 63.0 Å². The molecule has 92 valence electrons. The molecule has 6 heteroatoms. The lowest BCUT2D eigenvalue weighted by Crippen LogP contribution is -2.21. The second-order valence-electron chi connectivity index (χ2n) is 3.97. The van der Waals surface area contributed by atoms with Gasteiger partial charge < -0.3 is 15.1 Å². The molecule has 0 saturated heterocycles. The summed E-state index contributed by atoms with van der Waals surface area (Å²) in [5.41, 5.74) is 0. The molecule has 5 nitrogen and oxygen atoms in total. The maximum Gasteiger partial charge on any atom is 0.315 e. The molecule has 2 heterocycles. The van der Waals surface area contributed by atoms with Crippen molar-refractivity contribution in [2.75, 3.05) is 5.32 Å². The van der Waals surface area contributed by atoms with Crippen LogP contribution >= 0.6 is 11.3 Å². The lowest BCUT2D eigenvalue weighted by Gasteiger charge is -2.03. The summed E-state index contributed by atoms with van der Waals surface area (Å²) in [7, 11) is 0. The predicted molar refractivity (Wildman–Crippen MR) is 67.9 cm³/mol. The first-order chi connectivity index (χ1) is 8.24. The molecule has 2 aromatic rings. The third-order valence-electron chi connectivity index (χ3n) is 2.12. The molecule has 0 unspecified atom stereocenters. The van der Waals surface area contributed by atoms with Gasteiger partial charge in [-0.2, -0.15) is 0 Å². The van der Waals surface area contributed by atoms with Crippen LogP contribution in [0.25, 0.3) is 0 Å². The molecule has 0 radical (unpaired) electrons. The smallest absolute Gasteiger partial charge is 0.315 e. The summed E-state index contributed by atoms with van der Waals surface area (Å²) in [6, 6.07) is 4.96. The zero-order valence-corrected chi connectivity index (χ0v) is 10.8. The van der Waals surface area contributed by atoms with Gasteiger partial charge in [0.05, 0.1) is 13.1 Å². The van der Waals surface area contributed by atoms with Crippen molar-refractivity contribution in [3.63, 3.8) is 0 Å². The van der Waals surface area contributed by atoms with Gasteiger partial charge in [-0.15, -0.1) is 16.4 Å². The van der Waals surface area contributed by atoms with Crippen molar-refractivity contribution in [2.24, 2.45) is 0 Å². The van der Waals surface area contributed by atoms with Crippen LogP contribution in [0.3, 0.4) is 0 Å². The summed E-state index contributed by atoms with van der Waals surface area (Å²) in [5.74, 6) is 0.604. The Morgan fingerprint density at radius 2 is 2.24 bits per heavy atom. The van der Waals surface area contributed by atoms with Gasteiger partial charge in [0.2, 0.25) is 5.89 Å².